The van der Waals surface area contributed by atoms with Crippen LogP contribution in [0.2, 0.25) is 0 Å². The van der Waals surface area contributed by atoms with E-state index in [0.717, 1.165) is 0 Å². The van der Waals surface area contributed by atoms with Crippen LogP contribution >= 0.6 is 7.14 Å². The van der Waals surface area contributed by atoms with E-state index in [1.54, 1.807) is 67.6 Å². The number of ketones is 1. The van der Waals surface area contributed by atoms with Gasteiger partial charge in [-0.2, -0.15) is 0 Å². The Balaban J connectivity index is 2.55. The minimum atomic E-state index is -3.55. The summed E-state index contributed by atoms with van der Waals surface area (Å²) in [4.78, 5) is 36.4. The molecular formula is C20H22NO5P. The topological polar surface area (TPSA) is 89.5 Å². The quantitative estimate of drug-likeness (QED) is 0.425. The van der Waals surface area contributed by atoms with E-state index in [2.05, 4.69) is 10.1 Å². The number of carbonyl (C=O) groups is 3. The Morgan fingerprint density at radius 2 is 1.44 bits per heavy atom. The second-order valence-electron chi connectivity index (χ2n) is 5.87. The normalized spacial score (nSPS) is 12.1. The molecule has 1 atom stereocenters. The zero-order valence-electron chi connectivity index (χ0n) is 15.3. The van der Waals surface area contributed by atoms with Crippen molar-refractivity contribution in [3.8, 4) is 0 Å². The van der Waals surface area contributed by atoms with Crippen LogP contribution in [-0.2, 0) is 23.7 Å². The summed E-state index contributed by atoms with van der Waals surface area (Å²) in [6, 6.07) is 17.2. The summed E-state index contributed by atoms with van der Waals surface area (Å²) < 4.78 is 18.7. The SMILES string of the molecule is CCC(=O)C(NC(=O)CC(=O)OC)P(=O)(c1ccccc1)c1ccccc1. The maximum Gasteiger partial charge on any atom is 0.315 e. The fourth-order valence-electron chi connectivity index (χ4n) is 2.72. The number of Topliss-reactive ketones (excluding diaryl/α,β-unsaturated/α-hetero) is 1. The summed E-state index contributed by atoms with van der Waals surface area (Å²) in [5.74, 6) is -3.07. The van der Waals surface area contributed by atoms with Crippen molar-refractivity contribution in [3.63, 3.8) is 0 Å². The van der Waals surface area contributed by atoms with Gasteiger partial charge in [-0.05, 0) is 0 Å². The van der Waals surface area contributed by atoms with Crippen LogP contribution in [0.25, 0.3) is 0 Å². The van der Waals surface area contributed by atoms with Crippen LogP contribution in [0.15, 0.2) is 60.7 Å². The first-order chi connectivity index (χ1) is 12.9. The van der Waals surface area contributed by atoms with E-state index in [9.17, 15) is 18.9 Å². The number of benzene rings is 2. The fraction of sp³-hybridized carbons (Fsp3) is 0.250. The Morgan fingerprint density at radius 3 is 1.85 bits per heavy atom. The molecule has 0 aliphatic heterocycles. The number of methoxy groups -OCH3 is 1. The van der Waals surface area contributed by atoms with Crippen LogP contribution in [0.5, 0.6) is 0 Å². The molecular weight excluding hydrogens is 365 g/mol. The Kier molecular flexibility index (Phi) is 7.08. The van der Waals surface area contributed by atoms with E-state index in [-0.39, 0.29) is 12.2 Å². The Labute approximate surface area is 158 Å². The van der Waals surface area contributed by atoms with Gasteiger partial charge in [0.05, 0.1) is 7.11 Å². The number of esters is 1. The van der Waals surface area contributed by atoms with Gasteiger partial charge in [0.25, 0.3) is 0 Å². The lowest BCUT2D eigenvalue weighted by Crippen LogP contribution is -2.45. The van der Waals surface area contributed by atoms with E-state index in [1.165, 1.54) is 7.11 Å². The molecule has 0 aromatic heterocycles. The smallest absolute Gasteiger partial charge is 0.315 e. The Morgan fingerprint density at radius 1 is 0.963 bits per heavy atom. The lowest BCUT2D eigenvalue weighted by atomic mass is 10.3. The minimum absolute atomic E-state index is 0.0901. The van der Waals surface area contributed by atoms with Gasteiger partial charge in [0.1, 0.15) is 12.2 Å². The largest absolute Gasteiger partial charge is 0.469 e. The number of carbonyl (C=O) groups excluding carboxylic acids is 3. The highest BCUT2D eigenvalue weighted by Crippen LogP contribution is 2.48. The monoisotopic (exact) mass is 387 g/mol. The van der Waals surface area contributed by atoms with Gasteiger partial charge in [-0.15, -0.1) is 0 Å². The molecule has 0 saturated heterocycles. The maximum absolute atomic E-state index is 14.3. The molecule has 142 valence electrons. The molecule has 2 rings (SSSR count). The molecule has 0 heterocycles. The van der Waals surface area contributed by atoms with Crippen LogP contribution < -0.4 is 15.9 Å². The first-order valence-electron chi connectivity index (χ1n) is 8.53. The predicted octanol–water partition coefficient (Wildman–Crippen LogP) is 1.98. The molecule has 2 aromatic carbocycles. The van der Waals surface area contributed by atoms with Crippen molar-refractivity contribution in [2.75, 3.05) is 7.11 Å². The number of nitrogens with one attached hydrogen (secondary N) is 1. The van der Waals surface area contributed by atoms with Gasteiger partial charge >= 0.3 is 5.97 Å². The van der Waals surface area contributed by atoms with Crippen molar-refractivity contribution in [2.24, 2.45) is 0 Å². The molecule has 1 N–H and O–H groups in total. The van der Waals surface area contributed by atoms with Gasteiger partial charge in [0.2, 0.25) is 5.91 Å². The number of rotatable bonds is 8. The van der Waals surface area contributed by atoms with Gasteiger partial charge in [-0.25, -0.2) is 0 Å². The van der Waals surface area contributed by atoms with Crippen LogP contribution in [0.3, 0.4) is 0 Å². The number of ether oxygens (including phenoxy) is 1. The van der Waals surface area contributed by atoms with Crippen molar-refractivity contribution >= 4 is 35.4 Å². The second-order valence-corrected chi connectivity index (χ2v) is 8.74. The molecule has 0 radical (unpaired) electrons. The van der Waals surface area contributed by atoms with Crippen molar-refractivity contribution < 1.29 is 23.7 Å². The molecule has 27 heavy (non-hydrogen) atoms. The molecule has 6 nitrogen and oxygen atoms in total. The third-order valence-corrected chi connectivity index (χ3v) is 7.40. The van der Waals surface area contributed by atoms with Crippen molar-refractivity contribution in [3.05, 3.63) is 60.7 Å². The molecule has 0 spiro atoms. The summed E-state index contributed by atoms with van der Waals surface area (Å²) in [6.45, 7) is 1.64. The molecule has 1 unspecified atom stereocenters. The van der Waals surface area contributed by atoms with E-state index >= 15 is 0 Å². The summed E-state index contributed by atoms with van der Waals surface area (Å²) in [5.41, 5.74) is 0. The maximum atomic E-state index is 14.3. The van der Waals surface area contributed by atoms with Crippen LogP contribution in [0, 0.1) is 0 Å². The summed E-state index contributed by atoms with van der Waals surface area (Å²) in [7, 11) is -2.38. The summed E-state index contributed by atoms with van der Waals surface area (Å²) in [5, 5.41) is 3.44. The second kappa shape index (κ2) is 9.28. The van der Waals surface area contributed by atoms with E-state index in [1.807, 2.05) is 0 Å². The number of hydrogen-bond donors (Lipinski definition) is 1. The molecule has 7 heteroatoms. The molecule has 1 amide bonds. The van der Waals surface area contributed by atoms with Gasteiger partial charge in [-0.1, -0.05) is 67.6 Å². The summed E-state index contributed by atoms with van der Waals surface area (Å²) in [6.07, 6.45) is -0.458. The predicted molar refractivity (Wildman–Crippen MR) is 104 cm³/mol. The fourth-order valence-corrected chi connectivity index (χ4v) is 5.76. The standard InChI is InChI=1S/C20H22NO5P/c1-3-17(22)20(21-18(23)14-19(24)26-2)27(25,15-10-6-4-7-11-15)16-12-8-5-9-13-16/h4-13,20H,3,14H2,1-2H3,(H,21,23). The Hall–Kier alpha value is -2.72. The highest BCUT2D eigenvalue weighted by atomic mass is 31.2. The van der Waals surface area contributed by atoms with Crippen LogP contribution in [0.4, 0.5) is 0 Å². The highest BCUT2D eigenvalue weighted by Gasteiger charge is 2.41. The van der Waals surface area contributed by atoms with Gasteiger partial charge in [0.15, 0.2) is 12.9 Å². The van der Waals surface area contributed by atoms with E-state index in [0.29, 0.717) is 10.6 Å². The molecule has 2 aromatic rings. The lowest BCUT2D eigenvalue weighted by molar-refractivity contribution is -0.144. The van der Waals surface area contributed by atoms with Crippen molar-refractivity contribution in [1.82, 2.24) is 5.32 Å². The van der Waals surface area contributed by atoms with Gasteiger partial charge in [0, 0.05) is 17.0 Å². The minimum Gasteiger partial charge on any atom is -0.469 e. The zero-order valence-corrected chi connectivity index (χ0v) is 16.1. The average molecular weight is 387 g/mol. The average Bonchev–Trinajstić information content (AvgIpc) is 2.72. The highest BCUT2D eigenvalue weighted by molar-refractivity contribution is 7.80. The molecule has 0 aliphatic carbocycles. The molecule has 0 fully saturated rings. The van der Waals surface area contributed by atoms with Crippen LogP contribution in [-0.4, -0.2) is 30.6 Å². The van der Waals surface area contributed by atoms with E-state index < -0.39 is 31.2 Å². The van der Waals surface area contributed by atoms with Crippen LogP contribution in [0.1, 0.15) is 19.8 Å². The van der Waals surface area contributed by atoms with Gasteiger partial charge < -0.3 is 14.6 Å². The first-order valence-corrected chi connectivity index (χ1v) is 10.3. The third kappa shape index (κ3) is 4.72. The zero-order chi connectivity index (χ0) is 19.9. The number of hydrogen-bond acceptors (Lipinski definition) is 5. The van der Waals surface area contributed by atoms with Gasteiger partial charge in [-0.3, -0.25) is 14.4 Å². The molecule has 0 aliphatic rings. The first kappa shape index (κ1) is 20.6. The lowest BCUT2D eigenvalue weighted by Gasteiger charge is -2.28. The molecule has 0 bridgehead atoms. The summed E-state index contributed by atoms with van der Waals surface area (Å²) >= 11 is 0. The number of amides is 1. The molecule has 0 saturated carbocycles. The Bertz CT molecular complexity index is 808. The van der Waals surface area contributed by atoms with Crippen molar-refractivity contribution in [1.29, 1.82) is 0 Å². The third-order valence-electron chi connectivity index (χ3n) is 4.13. The van der Waals surface area contributed by atoms with E-state index in [4.69, 9.17) is 0 Å². The van der Waals surface area contributed by atoms with Crippen molar-refractivity contribution in [2.45, 2.75) is 25.5 Å².